The molecule has 0 heterocycles. The minimum absolute atomic E-state index is 0.346. The number of benzene rings is 1. The second-order valence-electron chi connectivity index (χ2n) is 2.98. The number of rotatable bonds is 5. The summed E-state index contributed by atoms with van der Waals surface area (Å²) in [4.78, 5) is 11.1. The lowest BCUT2D eigenvalue weighted by Crippen LogP contribution is -2.01. The Labute approximate surface area is 100 Å². The molecule has 3 nitrogen and oxygen atoms in total. The fourth-order valence-electron chi connectivity index (χ4n) is 1.09. The Hall–Kier alpha value is -1.42. The van der Waals surface area contributed by atoms with Gasteiger partial charge in [-0.2, -0.15) is 12.6 Å². The number of methoxy groups -OCH3 is 1. The van der Waals surface area contributed by atoms with Crippen LogP contribution in [0.25, 0.3) is 0 Å². The summed E-state index contributed by atoms with van der Waals surface area (Å²) in [5.74, 6) is 1.07. The molecule has 16 heavy (non-hydrogen) atoms. The van der Waals surface area contributed by atoms with Crippen LogP contribution in [0, 0.1) is 0 Å². The predicted octanol–water partition coefficient (Wildman–Crippen LogP) is 2.34. The third-order valence-corrected chi connectivity index (χ3v) is 2.10. The van der Waals surface area contributed by atoms with Crippen molar-refractivity contribution in [2.75, 3.05) is 19.5 Å². The molecule has 0 unspecified atom stereocenters. The number of esters is 1. The first-order chi connectivity index (χ1) is 7.77. The van der Waals surface area contributed by atoms with Crippen LogP contribution >= 0.6 is 12.6 Å². The van der Waals surface area contributed by atoms with Crippen molar-refractivity contribution in [3.05, 3.63) is 42.0 Å². The number of carbonyl (C=O) groups excluding carboxylic acids is 1. The van der Waals surface area contributed by atoms with E-state index in [1.54, 1.807) is 24.3 Å². The van der Waals surface area contributed by atoms with Crippen LogP contribution in [-0.2, 0) is 4.74 Å². The van der Waals surface area contributed by atoms with E-state index in [9.17, 15) is 4.79 Å². The Balaban J connectivity index is 2.51. The van der Waals surface area contributed by atoms with Gasteiger partial charge >= 0.3 is 5.97 Å². The van der Waals surface area contributed by atoms with Gasteiger partial charge in [0.05, 0.1) is 12.7 Å². The summed E-state index contributed by atoms with van der Waals surface area (Å²) in [7, 11) is 1.36. The molecular formula is C12H14O3S. The molecule has 1 aromatic carbocycles. The second kappa shape index (κ2) is 6.95. The van der Waals surface area contributed by atoms with Crippen molar-refractivity contribution < 1.29 is 14.3 Å². The highest BCUT2D eigenvalue weighted by molar-refractivity contribution is 7.80. The standard InChI is InChI=1S/C12H14O3S/c1-14-12(13)10-4-6-11(7-5-10)15-8-2-3-9-16/h2-7,16H,8-9H2,1H3. The Morgan fingerprint density at radius 1 is 1.31 bits per heavy atom. The van der Waals surface area contributed by atoms with Gasteiger partial charge < -0.3 is 9.47 Å². The summed E-state index contributed by atoms with van der Waals surface area (Å²) >= 11 is 4.03. The minimum atomic E-state index is -0.346. The number of carbonyl (C=O) groups is 1. The molecule has 1 rings (SSSR count). The molecule has 0 aromatic heterocycles. The molecule has 0 aliphatic heterocycles. The van der Waals surface area contributed by atoms with Crippen LogP contribution in [0.3, 0.4) is 0 Å². The van der Waals surface area contributed by atoms with E-state index in [1.807, 2.05) is 12.2 Å². The molecular weight excluding hydrogens is 224 g/mol. The SMILES string of the molecule is COC(=O)c1ccc(OCC=CCS)cc1. The zero-order chi connectivity index (χ0) is 11.8. The third kappa shape index (κ3) is 3.98. The van der Waals surface area contributed by atoms with Crippen molar-refractivity contribution in [3.63, 3.8) is 0 Å². The van der Waals surface area contributed by atoms with Gasteiger partial charge in [-0.3, -0.25) is 0 Å². The molecule has 0 radical (unpaired) electrons. The van der Waals surface area contributed by atoms with Crippen LogP contribution in [0.2, 0.25) is 0 Å². The molecule has 0 amide bonds. The Bertz CT molecular complexity index is 357. The first-order valence-corrected chi connectivity index (χ1v) is 5.48. The van der Waals surface area contributed by atoms with Crippen molar-refractivity contribution in [2.45, 2.75) is 0 Å². The van der Waals surface area contributed by atoms with E-state index in [0.717, 1.165) is 5.75 Å². The Morgan fingerprint density at radius 2 is 2.00 bits per heavy atom. The van der Waals surface area contributed by atoms with Crippen LogP contribution in [0.1, 0.15) is 10.4 Å². The van der Waals surface area contributed by atoms with Crippen LogP contribution in [0.5, 0.6) is 5.75 Å². The van der Waals surface area contributed by atoms with Crippen LogP contribution in [0.4, 0.5) is 0 Å². The van der Waals surface area contributed by atoms with Crippen molar-refractivity contribution in [1.29, 1.82) is 0 Å². The van der Waals surface area contributed by atoms with E-state index in [2.05, 4.69) is 17.4 Å². The topological polar surface area (TPSA) is 35.5 Å². The van der Waals surface area contributed by atoms with Crippen LogP contribution in [-0.4, -0.2) is 25.4 Å². The smallest absolute Gasteiger partial charge is 0.337 e. The van der Waals surface area contributed by atoms with E-state index in [1.165, 1.54) is 7.11 Å². The summed E-state index contributed by atoms with van der Waals surface area (Å²) in [6.45, 7) is 0.498. The Kier molecular flexibility index (Phi) is 5.50. The molecule has 0 bridgehead atoms. The van der Waals surface area contributed by atoms with Gasteiger partial charge in [0.15, 0.2) is 0 Å². The number of thiol groups is 1. The van der Waals surface area contributed by atoms with Gasteiger partial charge in [0.1, 0.15) is 12.4 Å². The summed E-state index contributed by atoms with van der Waals surface area (Å²) < 4.78 is 9.99. The molecule has 0 atom stereocenters. The molecule has 0 aliphatic carbocycles. The molecule has 0 aliphatic rings. The van der Waals surface area contributed by atoms with E-state index in [-0.39, 0.29) is 5.97 Å². The molecule has 0 saturated heterocycles. The second-order valence-corrected chi connectivity index (χ2v) is 3.35. The van der Waals surface area contributed by atoms with Gasteiger partial charge in [0, 0.05) is 5.75 Å². The third-order valence-electron chi connectivity index (χ3n) is 1.89. The fraction of sp³-hybridized carbons (Fsp3) is 0.250. The monoisotopic (exact) mass is 238 g/mol. The van der Waals surface area contributed by atoms with Gasteiger partial charge in [-0.1, -0.05) is 12.2 Å². The van der Waals surface area contributed by atoms with Crippen molar-refractivity contribution in [3.8, 4) is 5.75 Å². The first-order valence-electron chi connectivity index (χ1n) is 4.85. The average molecular weight is 238 g/mol. The van der Waals surface area contributed by atoms with Crippen molar-refractivity contribution in [1.82, 2.24) is 0 Å². The Morgan fingerprint density at radius 3 is 2.56 bits per heavy atom. The highest BCUT2D eigenvalue weighted by atomic mass is 32.1. The van der Waals surface area contributed by atoms with E-state index in [4.69, 9.17) is 4.74 Å². The quantitative estimate of drug-likeness (QED) is 0.486. The van der Waals surface area contributed by atoms with Crippen LogP contribution in [0.15, 0.2) is 36.4 Å². The van der Waals surface area contributed by atoms with Gasteiger partial charge in [0.2, 0.25) is 0 Å². The number of ether oxygens (including phenoxy) is 2. The lowest BCUT2D eigenvalue weighted by molar-refractivity contribution is 0.0600. The maximum absolute atomic E-state index is 11.1. The molecule has 86 valence electrons. The molecule has 1 aromatic rings. The normalized spacial score (nSPS) is 10.4. The first kappa shape index (κ1) is 12.6. The lowest BCUT2D eigenvalue weighted by Gasteiger charge is -2.03. The molecule has 4 heteroatoms. The zero-order valence-corrected chi connectivity index (χ0v) is 9.94. The fourth-order valence-corrected chi connectivity index (χ4v) is 1.24. The predicted molar refractivity (Wildman–Crippen MR) is 66.3 cm³/mol. The summed E-state index contributed by atoms with van der Waals surface area (Å²) in [6, 6.07) is 6.81. The highest BCUT2D eigenvalue weighted by Gasteiger charge is 2.03. The zero-order valence-electron chi connectivity index (χ0n) is 9.05. The van der Waals surface area contributed by atoms with E-state index < -0.39 is 0 Å². The van der Waals surface area contributed by atoms with Crippen molar-refractivity contribution >= 4 is 18.6 Å². The summed E-state index contributed by atoms with van der Waals surface area (Å²) in [5, 5.41) is 0. The minimum Gasteiger partial charge on any atom is -0.490 e. The summed E-state index contributed by atoms with van der Waals surface area (Å²) in [5.41, 5.74) is 0.515. The number of hydrogen-bond acceptors (Lipinski definition) is 4. The van der Waals surface area contributed by atoms with Gasteiger partial charge in [-0.25, -0.2) is 4.79 Å². The van der Waals surface area contributed by atoms with Crippen LogP contribution < -0.4 is 4.74 Å². The largest absolute Gasteiger partial charge is 0.490 e. The van der Waals surface area contributed by atoms with Gasteiger partial charge in [0.25, 0.3) is 0 Å². The maximum atomic E-state index is 11.1. The maximum Gasteiger partial charge on any atom is 0.337 e. The van der Waals surface area contributed by atoms with Gasteiger partial charge in [-0.15, -0.1) is 0 Å². The highest BCUT2D eigenvalue weighted by Crippen LogP contribution is 2.12. The van der Waals surface area contributed by atoms with Gasteiger partial charge in [-0.05, 0) is 24.3 Å². The molecule has 0 spiro atoms. The molecule has 0 N–H and O–H groups in total. The van der Waals surface area contributed by atoms with Crippen molar-refractivity contribution in [2.24, 2.45) is 0 Å². The number of hydrogen-bond donors (Lipinski definition) is 1. The van der Waals surface area contributed by atoms with E-state index >= 15 is 0 Å². The average Bonchev–Trinajstić information content (AvgIpc) is 2.34. The molecule has 0 fully saturated rings. The summed E-state index contributed by atoms with van der Waals surface area (Å²) in [6.07, 6.45) is 3.80. The lowest BCUT2D eigenvalue weighted by atomic mass is 10.2. The van der Waals surface area contributed by atoms with E-state index in [0.29, 0.717) is 17.9 Å². The molecule has 0 saturated carbocycles.